The summed E-state index contributed by atoms with van der Waals surface area (Å²) in [6.07, 6.45) is 0.320. The zero-order valence-corrected chi connectivity index (χ0v) is 13.2. The van der Waals surface area contributed by atoms with Gasteiger partial charge in [-0.2, -0.15) is 0 Å². The molecular formula is C15H24O6. The Morgan fingerprint density at radius 2 is 1.67 bits per heavy atom. The molecule has 0 N–H and O–H groups in total. The van der Waals surface area contributed by atoms with Crippen molar-refractivity contribution in [2.75, 3.05) is 13.2 Å². The van der Waals surface area contributed by atoms with E-state index < -0.39 is 17.5 Å². The van der Waals surface area contributed by atoms with Crippen molar-refractivity contribution in [3.8, 4) is 0 Å². The first-order valence-corrected chi connectivity index (χ1v) is 6.88. The van der Waals surface area contributed by atoms with Crippen LogP contribution in [0.3, 0.4) is 0 Å². The molecule has 0 aliphatic carbocycles. The van der Waals surface area contributed by atoms with E-state index in [-0.39, 0.29) is 37.6 Å². The molecule has 0 fully saturated rings. The second kappa shape index (κ2) is 9.15. The fourth-order valence-electron chi connectivity index (χ4n) is 1.33. The SMILES string of the molecule is C=C(CC(=O)OCC)C(=O)OCCCC(=O)OC(C)(C)C. The van der Waals surface area contributed by atoms with Gasteiger partial charge in [0.2, 0.25) is 0 Å². The van der Waals surface area contributed by atoms with Gasteiger partial charge in [0.1, 0.15) is 5.60 Å². The largest absolute Gasteiger partial charge is 0.466 e. The van der Waals surface area contributed by atoms with Crippen LogP contribution in [-0.2, 0) is 28.6 Å². The van der Waals surface area contributed by atoms with Gasteiger partial charge in [-0.25, -0.2) is 4.79 Å². The smallest absolute Gasteiger partial charge is 0.333 e. The quantitative estimate of drug-likeness (QED) is 0.296. The summed E-state index contributed by atoms with van der Waals surface area (Å²) in [5, 5.41) is 0. The molecule has 6 nitrogen and oxygen atoms in total. The van der Waals surface area contributed by atoms with Crippen LogP contribution in [0.2, 0.25) is 0 Å². The first-order valence-electron chi connectivity index (χ1n) is 6.88. The Labute approximate surface area is 125 Å². The summed E-state index contributed by atoms with van der Waals surface area (Å²) in [6, 6.07) is 0. The summed E-state index contributed by atoms with van der Waals surface area (Å²) in [5.41, 5.74) is -0.493. The molecule has 0 amide bonds. The minimum atomic E-state index is -0.660. The van der Waals surface area contributed by atoms with E-state index in [0.29, 0.717) is 6.42 Å². The van der Waals surface area contributed by atoms with Crippen molar-refractivity contribution in [3.63, 3.8) is 0 Å². The summed E-state index contributed by atoms with van der Waals surface area (Å²) < 4.78 is 14.7. The molecule has 0 saturated heterocycles. The molecule has 120 valence electrons. The number of hydrogen-bond donors (Lipinski definition) is 0. The third-order valence-electron chi connectivity index (χ3n) is 2.13. The van der Waals surface area contributed by atoms with Crippen LogP contribution in [0.15, 0.2) is 12.2 Å². The maximum absolute atomic E-state index is 11.5. The van der Waals surface area contributed by atoms with Gasteiger partial charge in [-0.15, -0.1) is 0 Å². The molecule has 0 radical (unpaired) electrons. The van der Waals surface area contributed by atoms with Gasteiger partial charge in [0.15, 0.2) is 0 Å². The third-order valence-corrected chi connectivity index (χ3v) is 2.13. The lowest BCUT2D eigenvalue weighted by Gasteiger charge is -2.19. The van der Waals surface area contributed by atoms with E-state index in [1.54, 1.807) is 27.7 Å². The normalized spacial score (nSPS) is 10.7. The molecule has 0 unspecified atom stereocenters. The van der Waals surface area contributed by atoms with Gasteiger partial charge in [-0.1, -0.05) is 6.58 Å². The fourth-order valence-corrected chi connectivity index (χ4v) is 1.33. The van der Waals surface area contributed by atoms with E-state index in [0.717, 1.165) is 0 Å². The summed E-state index contributed by atoms with van der Waals surface area (Å²) in [5.74, 6) is -1.52. The molecule has 0 atom stereocenters. The van der Waals surface area contributed by atoms with Crippen molar-refractivity contribution in [1.82, 2.24) is 0 Å². The van der Waals surface area contributed by atoms with Gasteiger partial charge in [0.25, 0.3) is 0 Å². The average Bonchev–Trinajstić information content (AvgIpc) is 2.32. The minimum absolute atomic E-state index is 0.0331. The molecule has 6 heteroatoms. The predicted octanol–water partition coefficient (Wildman–Crippen LogP) is 2.16. The summed E-state index contributed by atoms with van der Waals surface area (Å²) in [4.78, 5) is 34.1. The van der Waals surface area contributed by atoms with Gasteiger partial charge >= 0.3 is 17.9 Å². The van der Waals surface area contributed by atoms with E-state index in [9.17, 15) is 14.4 Å². The van der Waals surface area contributed by atoms with E-state index in [1.807, 2.05) is 0 Å². The highest BCUT2D eigenvalue weighted by molar-refractivity contribution is 5.93. The Morgan fingerprint density at radius 3 is 2.19 bits per heavy atom. The van der Waals surface area contributed by atoms with Gasteiger partial charge in [0.05, 0.1) is 19.6 Å². The Hall–Kier alpha value is -1.85. The monoisotopic (exact) mass is 300 g/mol. The number of esters is 3. The van der Waals surface area contributed by atoms with Crippen LogP contribution in [0, 0.1) is 0 Å². The lowest BCUT2D eigenvalue weighted by Crippen LogP contribution is -2.24. The Balaban J connectivity index is 3.87. The Bertz CT molecular complexity index is 391. The van der Waals surface area contributed by atoms with Crippen LogP contribution < -0.4 is 0 Å². The zero-order chi connectivity index (χ0) is 16.5. The Morgan fingerprint density at radius 1 is 1.05 bits per heavy atom. The number of carbonyl (C=O) groups excluding carboxylic acids is 3. The topological polar surface area (TPSA) is 78.9 Å². The van der Waals surface area contributed by atoms with Crippen LogP contribution >= 0.6 is 0 Å². The first-order chi connectivity index (χ1) is 9.65. The highest BCUT2D eigenvalue weighted by atomic mass is 16.6. The van der Waals surface area contributed by atoms with E-state index in [1.165, 1.54) is 0 Å². The standard InChI is InChI=1S/C15H24O6/c1-6-19-13(17)10-11(2)14(18)20-9-7-8-12(16)21-15(3,4)5/h2,6-10H2,1,3-5H3. The van der Waals surface area contributed by atoms with Crippen molar-refractivity contribution in [1.29, 1.82) is 0 Å². The molecular weight excluding hydrogens is 276 g/mol. The number of ether oxygens (including phenoxy) is 3. The van der Waals surface area contributed by atoms with E-state index in [4.69, 9.17) is 14.2 Å². The van der Waals surface area contributed by atoms with Gasteiger partial charge in [-0.3, -0.25) is 9.59 Å². The molecule has 0 aliphatic heterocycles. The molecule has 0 rings (SSSR count). The molecule has 0 spiro atoms. The molecule has 21 heavy (non-hydrogen) atoms. The highest BCUT2D eigenvalue weighted by Gasteiger charge is 2.17. The van der Waals surface area contributed by atoms with Crippen LogP contribution in [0.5, 0.6) is 0 Å². The number of carbonyl (C=O) groups is 3. The van der Waals surface area contributed by atoms with Crippen LogP contribution in [0.25, 0.3) is 0 Å². The van der Waals surface area contributed by atoms with Gasteiger partial charge in [-0.05, 0) is 34.1 Å². The highest BCUT2D eigenvalue weighted by Crippen LogP contribution is 2.09. The van der Waals surface area contributed by atoms with Crippen molar-refractivity contribution in [2.24, 2.45) is 0 Å². The second-order valence-electron chi connectivity index (χ2n) is 5.41. The molecule has 0 saturated carbocycles. The number of hydrogen-bond acceptors (Lipinski definition) is 6. The van der Waals surface area contributed by atoms with Crippen LogP contribution in [0.1, 0.15) is 47.0 Å². The van der Waals surface area contributed by atoms with Crippen molar-refractivity contribution < 1.29 is 28.6 Å². The Kier molecular flexibility index (Phi) is 8.35. The van der Waals surface area contributed by atoms with Crippen LogP contribution in [-0.4, -0.2) is 36.7 Å². The molecule has 0 bridgehead atoms. The fraction of sp³-hybridized carbons (Fsp3) is 0.667. The van der Waals surface area contributed by atoms with E-state index in [2.05, 4.69) is 6.58 Å². The summed E-state index contributed by atoms with van der Waals surface area (Å²) in [6.45, 7) is 10.8. The average molecular weight is 300 g/mol. The van der Waals surface area contributed by atoms with Gasteiger partial charge in [0, 0.05) is 12.0 Å². The molecule has 0 aromatic carbocycles. The maximum Gasteiger partial charge on any atom is 0.333 e. The molecule has 0 aromatic rings. The van der Waals surface area contributed by atoms with Crippen molar-refractivity contribution in [3.05, 3.63) is 12.2 Å². The number of rotatable bonds is 8. The van der Waals surface area contributed by atoms with E-state index >= 15 is 0 Å². The van der Waals surface area contributed by atoms with Crippen molar-refractivity contribution >= 4 is 17.9 Å². The third kappa shape index (κ3) is 10.6. The van der Waals surface area contributed by atoms with Crippen molar-refractivity contribution in [2.45, 2.75) is 52.6 Å². The maximum atomic E-state index is 11.5. The summed E-state index contributed by atoms with van der Waals surface area (Å²) >= 11 is 0. The van der Waals surface area contributed by atoms with Gasteiger partial charge < -0.3 is 14.2 Å². The lowest BCUT2D eigenvalue weighted by atomic mass is 10.2. The minimum Gasteiger partial charge on any atom is -0.466 e. The first kappa shape index (κ1) is 19.1. The second-order valence-corrected chi connectivity index (χ2v) is 5.41. The molecule has 0 aromatic heterocycles. The zero-order valence-electron chi connectivity index (χ0n) is 13.2. The summed E-state index contributed by atoms with van der Waals surface area (Å²) in [7, 11) is 0. The lowest BCUT2D eigenvalue weighted by molar-refractivity contribution is -0.155. The van der Waals surface area contributed by atoms with Crippen LogP contribution in [0.4, 0.5) is 0 Å². The predicted molar refractivity (Wildman–Crippen MR) is 76.4 cm³/mol. The molecule has 0 aliphatic rings. The molecule has 0 heterocycles.